The standard InChI is InChI=1S/C11H19ClN4/c1-4-11(5-2,6-3)16-9-7-8(12)14-10(13)15-9/h7H,4-6H2,1-3H3,(H3,13,14,15,16). The molecule has 0 saturated carbocycles. The first-order chi connectivity index (χ1) is 7.55. The van der Waals surface area contributed by atoms with E-state index in [-0.39, 0.29) is 11.5 Å². The Balaban J connectivity index is 2.93. The molecule has 0 fully saturated rings. The second-order valence-corrected chi connectivity index (χ2v) is 4.29. The van der Waals surface area contributed by atoms with E-state index in [0.29, 0.717) is 11.0 Å². The Bertz CT molecular complexity index is 321. The monoisotopic (exact) mass is 242 g/mol. The summed E-state index contributed by atoms with van der Waals surface area (Å²) in [6.45, 7) is 6.48. The summed E-state index contributed by atoms with van der Waals surface area (Å²) in [5, 5.41) is 3.78. The van der Waals surface area contributed by atoms with Crippen LogP contribution in [0.3, 0.4) is 0 Å². The zero-order chi connectivity index (χ0) is 12.2. The van der Waals surface area contributed by atoms with Gasteiger partial charge in [-0.2, -0.15) is 4.98 Å². The number of nitrogens with one attached hydrogen (secondary N) is 1. The van der Waals surface area contributed by atoms with E-state index < -0.39 is 0 Å². The van der Waals surface area contributed by atoms with Crippen LogP contribution in [0, 0.1) is 0 Å². The fourth-order valence-corrected chi connectivity index (χ4v) is 1.98. The molecule has 0 aliphatic carbocycles. The molecule has 0 aliphatic rings. The molecule has 0 spiro atoms. The zero-order valence-corrected chi connectivity index (χ0v) is 10.8. The maximum Gasteiger partial charge on any atom is 0.223 e. The Hall–Kier alpha value is -1.03. The number of hydrogen-bond acceptors (Lipinski definition) is 4. The third-order valence-electron chi connectivity index (χ3n) is 3.14. The number of anilines is 2. The van der Waals surface area contributed by atoms with Gasteiger partial charge in [-0.3, -0.25) is 0 Å². The van der Waals surface area contributed by atoms with E-state index >= 15 is 0 Å². The van der Waals surface area contributed by atoms with Crippen LogP contribution in [0.4, 0.5) is 11.8 Å². The molecule has 1 aromatic heterocycles. The van der Waals surface area contributed by atoms with Crippen molar-refractivity contribution in [2.24, 2.45) is 0 Å². The predicted molar refractivity (Wildman–Crippen MR) is 68.7 cm³/mol. The molecule has 90 valence electrons. The van der Waals surface area contributed by atoms with Crippen molar-refractivity contribution in [1.82, 2.24) is 9.97 Å². The molecular weight excluding hydrogens is 224 g/mol. The quantitative estimate of drug-likeness (QED) is 0.779. The first kappa shape index (κ1) is 13.0. The van der Waals surface area contributed by atoms with Crippen LogP contribution in [0.2, 0.25) is 5.15 Å². The number of nitrogens with two attached hydrogens (primary N) is 1. The summed E-state index contributed by atoms with van der Waals surface area (Å²) in [4.78, 5) is 7.97. The minimum Gasteiger partial charge on any atom is -0.368 e. The Morgan fingerprint density at radius 1 is 1.25 bits per heavy atom. The van der Waals surface area contributed by atoms with E-state index in [1.165, 1.54) is 0 Å². The molecule has 0 unspecified atom stereocenters. The number of nitrogen functional groups attached to an aromatic ring is 1. The van der Waals surface area contributed by atoms with Crippen molar-refractivity contribution in [3.63, 3.8) is 0 Å². The first-order valence-corrected chi connectivity index (χ1v) is 6.01. The van der Waals surface area contributed by atoms with Gasteiger partial charge in [0.2, 0.25) is 5.95 Å². The average molecular weight is 243 g/mol. The van der Waals surface area contributed by atoms with Crippen LogP contribution in [0.1, 0.15) is 40.0 Å². The summed E-state index contributed by atoms with van der Waals surface area (Å²) < 4.78 is 0. The molecule has 5 heteroatoms. The van der Waals surface area contributed by atoms with Crippen LogP contribution in [-0.2, 0) is 0 Å². The molecule has 1 aromatic rings. The van der Waals surface area contributed by atoms with Crippen LogP contribution in [-0.4, -0.2) is 15.5 Å². The van der Waals surface area contributed by atoms with Gasteiger partial charge in [-0.15, -0.1) is 0 Å². The lowest BCUT2D eigenvalue weighted by atomic mass is 9.90. The minimum absolute atomic E-state index is 0.0596. The Morgan fingerprint density at radius 3 is 2.25 bits per heavy atom. The molecule has 4 nitrogen and oxygen atoms in total. The van der Waals surface area contributed by atoms with E-state index in [9.17, 15) is 0 Å². The molecule has 0 amide bonds. The predicted octanol–water partition coefficient (Wildman–Crippen LogP) is 3.09. The highest BCUT2D eigenvalue weighted by Crippen LogP contribution is 2.25. The van der Waals surface area contributed by atoms with E-state index in [0.717, 1.165) is 19.3 Å². The molecule has 0 saturated heterocycles. The molecule has 16 heavy (non-hydrogen) atoms. The lowest BCUT2D eigenvalue weighted by Crippen LogP contribution is -2.36. The smallest absolute Gasteiger partial charge is 0.223 e. The van der Waals surface area contributed by atoms with Crippen LogP contribution in [0.25, 0.3) is 0 Å². The van der Waals surface area contributed by atoms with Crippen molar-refractivity contribution >= 4 is 23.4 Å². The van der Waals surface area contributed by atoms with Gasteiger partial charge in [0, 0.05) is 11.6 Å². The highest BCUT2D eigenvalue weighted by atomic mass is 35.5. The zero-order valence-electron chi connectivity index (χ0n) is 10.0. The van der Waals surface area contributed by atoms with Gasteiger partial charge in [0.05, 0.1) is 0 Å². The van der Waals surface area contributed by atoms with Crippen LogP contribution in [0.15, 0.2) is 6.07 Å². The highest BCUT2D eigenvalue weighted by Gasteiger charge is 2.24. The number of halogens is 1. The molecule has 0 radical (unpaired) electrons. The van der Waals surface area contributed by atoms with E-state index in [2.05, 4.69) is 36.1 Å². The largest absolute Gasteiger partial charge is 0.368 e. The van der Waals surface area contributed by atoms with Gasteiger partial charge in [0.15, 0.2) is 0 Å². The third kappa shape index (κ3) is 2.98. The van der Waals surface area contributed by atoms with Crippen molar-refractivity contribution in [3.05, 3.63) is 11.2 Å². The summed E-state index contributed by atoms with van der Waals surface area (Å²) in [6, 6.07) is 1.70. The Labute approximate surface area is 102 Å². The summed E-state index contributed by atoms with van der Waals surface area (Å²) in [6.07, 6.45) is 3.09. The van der Waals surface area contributed by atoms with Crippen molar-refractivity contribution in [2.45, 2.75) is 45.6 Å². The molecule has 0 atom stereocenters. The van der Waals surface area contributed by atoms with E-state index in [4.69, 9.17) is 17.3 Å². The normalized spacial score (nSPS) is 11.5. The van der Waals surface area contributed by atoms with Gasteiger partial charge in [0.25, 0.3) is 0 Å². The number of rotatable bonds is 5. The molecular formula is C11H19ClN4. The van der Waals surface area contributed by atoms with Gasteiger partial charge < -0.3 is 11.1 Å². The summed E-state index contributed by atoms with van der Waals surface area (Å²) >= 11 is 5.84. The Kier molecular flexibility index (Phi) is 4.35. The van der Waals surface area contributed by atoms with Crippen molar-refractivity contribution in [2.75, 3.05) is 11.1 Å². The van der Waals surface area contributed by atoms with Crippen molar-refractivity contribution in [3.8, 4) is 0 Å². The maximum atomic E-state index is 5.84. The van der Waals surface area contributed by atoms with Crippen molar-refractivity contribution < 1.29 is 0 Å². The second-order valence-electron chi connectivity index (χ2n) is 3.90. The minimum atomic E-state index is 0.0596. The summed E-state index contributed by atoms with van der Waals surface area (Å²) in [7, 11) is 0. The van der Waals surface area contributed by atoms with Gasteiger partial charge in [0.1, 0.15) is 11.0 Å². The van der Waals surface area contributed by atoms with Crippen LogP contribution < -0.4 is 11.1 Å². The lowest BCUT2D eigenvalue weighted by Gasteiger charge is -2.32. The molecule has 1 rings (SSSR count). The first-order valence-electron chi connectivity index (χ1n) is 5.63. The molecule has 3 N–H and O–H groups in total. The highest BCUT2D eigenvalue weighted by molar-refractivity contribution is 6.29. The molecule has 1 heterocycles. The second kappa shape index (κ2) is 5.34. The van der Waals surface area contributed by atoms with Gasteiger partial charge in [-0.25, -0.2) is 4.98 Å². The molecule has 0 aromatic carbocycles. The number of nitrogens with zero attached hydrogens (tertiary/aromatic N) is 2. The van der Waals surface area contributed by atoms with Gasteiger partial charge in [-0.1, -0.05) is 32.4 Å². The molecule has 0 bridgehead atoms. The van der Waals surface area contributed by atoms with E-state index in [1.54, 1.807) is 6.07 Å². The summed E-state index contributed by atoms with van der Waals surface area (Å²) in [5.74, 6) is 0.898. The van der Waals surface area contributed by atoms with Crippen molar-refractivity contribution in [1.29, 1.82) is 0 Å². The molecule has 0 aliphatic heterocycles. The Morgan fingerprint density at radius 2 is 1.81 bits per heavy atom. The third-order valence-corrected chi connectivity index (χ3v) is 3.33. The van der Waals surface area contributed by atoms with Gasteiger partial charge in [-0.05, 0) is 19.3 Å². The fourth-order valence-electron chi connectivity index (χ4n) is 1.79. The van der Waals surface area contributed by atoms with Crippen LogP contribution >= 0.6 is 11.6 Å². The lowest BCUT2D eigenvalue weighted by molar-refractivity contribution is 0.419. The maximum absolute atomic E-state index is 5.84. The average Bonchev–Trinajstić information content (AvgIpc) is 2.25. The summed E-state index contributed by atoms with van der Waals surface area (Å²) in [5.41, 5.74) is 5.62. The van der Waals surface area contributed by atoms with E-state index in [1.807, 2.05) is 0 Å². The fraction of sp³-hybridized carbons (Fsp3) is 0.636. The topological polar surface area (TPSA) is 63.8 Å². The number of aromatic nitrogens is 2. The number of hydrogen-bond donors (Lipinski definition) is 2. The van der Waals surface area contributed by atoms with Crippen LogP contribution in [0.5, 0.6) is 0 Å². The SMILES string of the molecule is CCC(CC)(CC)Nc1cc(Cl)nc(N)n1. The van der Waals surface area contributed by atoms with Gasteiger partial charge >= 0.3 is 0 Å².